The Balaban J connectivity index is 3.11. The molecule has 0 aliphatic heterocycles. The Hall–Kier alpha value is -1.05. The number of allylic oxidation sites excluding steroid dienone is 3. The van der Waals surface area contributed by atoms with Crippen LogP contribution in [0.3, 0.4) is 0 Å². The van der Waals surface area contributed by atoms with E-state index in [0.717, 1.165) is 6.42 Å². The molecule has 0 aliphatic rings. The second kappa shape index (κ2) is 16.0. The van der Waals surface area contributed by atoms with Gasteiger partial charge in [0.05, 0.1) is 0 Å². The van der Waals surface area contributed by atoms with Crippen LogP contribution in [0, 0.1) is 0 Å². The fourth-order valence-corrected chi connectivity index (χ4v) is 2.25. The first-order chi connectivity index (χ1) is 9.77. The van der Waals surface area contributed by atoms with E-state index in [1.807, 2.05) is 6.08 Å². The summed E-state index contributed by atoms with van der Waals surface area (Å²) in [5.74, 6) is -0.385. The molecule has 0 atom stereocenters. The summed E-state index contributed by atoms with van der Waals surface area (Å²) >= 11 is 0. The highest BCUT2D eigenvalue weighted by Crippen LogP contribution is 2.11. The molecular weight excluding hydrogens is 246 g/mol. The zero-order valence-electron chi connectivity index (χ0n) is 13.3. The average Bonchev–Trinajstić information content (AvgIpc) is 2.43. The number of amides is 1. The lowest BCUT2D eigenvalue weighted by molar-refractivity contribution is -0.113. The Bertz CT molecular complexity index is 269. The van der Waals surface area contributed by atoms with E-state index in [2.05, 4.69) is 13.0 Å². The molecule has 0 spiro atoms. The number of primary amides is 1. The first kappa shape index (κ1) is 18.9. The van der Waals surface area contributed by atoms with Gasteiger partial charge in [-0.3, -0.25) is 4.79 Å². The smallest absolute Gasteiger partial charge is 0.241 e. The number of carbonyl (C=O) groups excluding carboxylic acids is 1. The van der Waals surface area contributed by atoms with E-state index in [1.54, 1.807) is 6.08 Å². The molecule has 2 N–H and O–H groups in total. The molecule has 0 aromatic rings. The maximum absolute atomic E-state index is 10.4. The Morgan fingerprint density at radius 1 is 0.800 bits per heavy atom. The summed E-state index contributed by atoms with van der Waals surface area (Å²) in [7, 11) is 0. The maximum Gasteiger partial charge on any atom is 0.241 e. The fourth-order valence-electron chi connectivity index (χ4n) is 2.25. The Morgan fingerprint density at radius 3 is 1.80 bits per heavy atom. The molecule has 0 aromatic heterocycles. The summed E-state index contributed by atoms with van der Waals surface area (Å²) in [5, 5.41) is 0. The van der Waals surface area contributed by atoms with Crippen molar-refractivity contribution in [3.63, 3.8) is 0 Å². The molecule has 116 valence electrons. The van der Waals surface area contributed by atoms with Crippen LogP contribution in [-0.4, -0.2) is 5.91 Å². The highest BCUT2D eigenvalue weighted by molar-refractivity contribution is 5.85. The molecular formula is C18H33NO. The van der Waals surface area contributed by atoms with Gasteiger partial charge in [-0.15, -0.1) is 0 Å². The predicted octanol–water partition coefficient (Wildman–Crippen LogP) is 5.29. The molecule has 0 rings (SSSR count). The molecule has 2 heteroatoms. The van der Waals surface area contributed by atoms with Crippen LogP contribution in [0.25, 0.3) is 0 Å². The normalized spacial score (nSPS) is 11.7. The first-order valence-corrected chi connectivity index (χ1v) is 8.40. The zero-order valence-corrected chi connectivity index (χ0v) is 13.3. The summed E-state index contributed by atoms with van der Waals surface area (Å²) in [4.78, 5) is 10.4. The molecule has 0 aromatic carbocycles. The molecule has 20 heavy (non-hydrogen) atoms. The quantitative estimate of drug-likeness (QED) is 0.262. The lowest BCUT2D eigenvalue weighted by Crippen LogP contribution is -2.04. The molecule has 0 unspecified atom stereocenters. The highest BCUT2D eigenvalue weighted by Gasteiger charge is 1.92. The van der Waals surface area contributed by atoms with E-state index in [0.29, 0.717) is 0 Å². The third kappa shape index (κ3) is 16.9. The van der Waals surface area contributed by atoms with Crippen molar-refractivity contribution in [1.82, 2.24) is 0 Å². The van der Waals surface area contributed by atoms with Crippen LogP contribution in [-0.2, 0) is 4.79 Å². The number of hydrogen-bond donors (Lipinski definition) is 1. The maximum atomic E-state index is 10.4. The summed E-state index contributed by atoms with van der Waals surface area (Å²) in [5.41, 5.74) is 4.99. The van der Waals surface area contributed by atoms with E-state index in [1.165, 1.54) is 76.7 Å². The van der Waals surface area contributed by atoms with Gasteiger partial charge in [0.2, 0.25) is 5.91 Å². The van der Waals surface area contributed by atoms with Crippen molar-refractivity contribution >= 4 is 5.91 Å². The van der Waals surface area contributed by atoms with Crippen molar-refractivity contribution < 1.29 is 4.79 Å². The number of carbonyl (C=O) groups is 1. The van der Waals surface area contributed by atoms with Crippen molar-refractivity contribution in [3.8, 4) is 0 Å². The molecule has 0 heterocycles. The van der Waals surface area contributed by atoms with Gasteiger partial charge in [-0.05, 0) is 12.8 Å². The largest absolute Gasteiger partial charge is 0.366 e. The summed E-state index contributed by atoms with van der Waals surface area (Å²) in [6.07, 6.45) is 23.4. The summed E-state index contributed by atoms with van der Waals surface area (Å²) in [6, 6.07) is 0. The average molecular weight is 279 g/mol. The van der Waals surface area contributed by atoms with E-state index < -0.39 is 0 Å². The van der Waals surface area contributed by atoms with E-state index >= 15 is 0 Å². The van der Waals surface area contributed by atoms with Crippen LogP contribution in [0.4, 0.5) is 0 Å². The van der Waals surface area contributed by atoms with Crippen molar-refractivity contribution in [3.05, 3.63) is 24.3 Å². The van der Waals surface area contributed by atoms with E-state index in [9.17, 15) is 4.79 Å². The monoisotopic (exact) mass is 279 g/mol. The predicted molar refractivity (Wildman–Crippen MR) is 88.6 cm³/mol. The van der Waals surface area contributed by atoms with E-state index in [-0.39, 0.29) is 5.91 Å². The molecule has 0 saturated heterocycles. The van der Waals surface area contributed by atoms with Crippen LogP contribution in [0.15, 0.2) is 24.3 Å². The molecule has 0 saturated carbocycles. The van der Waals surface area contributed by atoms with Crippen LogP contribution >= 0.6 is 0 Å². The van der Waals surface area contributed by atoms with Gasteiger partial charge in [0.1, 0.15) is 0 Å². The van der Waals surface area contributed by atoms with Crippen LogP contribution in [0.2, 0.25) is 0 Å². The van der Waals surface area contributed by atoms with Gasteiger partial charge in [0.25, 0.3) is 0 Å². The standard InChI is InChI=1S/C18H33NO/c1-2-3-4-5-6-7-8-9-10-11-12-13-14-15-16-17-18(19)20/h14-17H,2-13H2,1H3,(H2,19,20)/b15-14-,17-16-. The second-order valence-corrected chi connectivity index (χ2v) is 5.51. The lowest BCUT2D eigenvalue weighted by Gasteiger charge is -2.01. The van der Waals surface area contributed by atoms with Crippen molar-refractivity contribution in [2.45, 2.75) is 84.0 Å². The van der Waals surface area contributed by atoms with E-state index in [4.69, 9.17) is 5.73 Å². The van der Waals surface area contributed by atoms with Crippen LogP contribution < -0.4 is 5.73 Å². The topological polar surface area (TPSA) is 43.1 Å². The number of hydrogen-bond acceptors (Lipinski definition) is 1. The lowest BCUT2D eigenvalue weighted by atomic mass is 10.1. The molecule has 0 bridgehead atoms. The summed E-state index contributed by atoms with van der Waals surface area (Å²) < 4.78 is 0. The molecule has 2 nitrogen and oxygen atoms in total. The van der Waals surface area contributed by atoms with Gasteiger partial charge in [0.15, 0.2) is 0 Å². The molecule has 0 fully saturated rings. The third-order valence-corrected chi connectivity index (χ3v) is 3.48. The van der Waals surface area contributed by atoms with Crippen molar-refractivity contribution in [1.29, 1.82) is 0 Å². The SMILES string of the molecule is CCCCCCCCCCCCC/C=C\C=C/C(N)=O. The van der Waals surface area contributed by atoms with Gasteiger partial charge >= 0.3 is 0 Å². The van der Waals surface area contributed by atoms with Crippen LogP contribution in [0.1, 0.15) is 84.0 Å². The van der Waals surface area contributed by atoms with Gasteiger partial charge in [0, 0.05) is 6.08 Å². The second-order valence-electron chi connectivity index (χ2n) is 5.51. The Kier molecular flexibility index (Phi) is 15.2. The minimum atomic E-state index is -0.385. The minimum Gasteiger partial charge on any atom is -0.366 e. The zero-order chi connectivity index (χ0) is 14.9. The van der Waals surface area contributed by atoms with Crippen LogP contribution in [0.5, 0.6) is 0 Å². The minimum absolute atomic E-state index is 0.385. The van der Waals surface area contributed by atoms with Crippen molar-refractivity contribution in [2.75, 3.05) is 0 Å². The number of nitrogens with two attached hydrogens (primary N) is 1. The Morgan fingerprint density at radius 2 is 1.30 bits per heavy atom. The van der Waals surface area contributed by atoms with Gasteiger partial charge in [-0.1, -0.05) is 89.4 Å². The van der Waals surface area contributed by atoms with Gasteiger partial charge in [-0.2, -0.15) is 0 Å². The third-order valence-electron chi connectivity index (χ3n) is 3.48. The first-order valence-electron chi connectivity index (χ1n) is 8.40. The molecule has 1 amide bonds. The molecule has 0 radical (unpaired) electrons. The summed E-state index contributed by atoms with van der Waals surface area (Å²) in [6.45, 7) is 2.27. The highest BCUT2D eigenvalue weighted by atomic mass is 16.1. The van der Waals surface area contributed by atoms with Gasteiger partial charge < -0.3 is 5.73 Å². The van der Waals surface area contributed by atoms with Gasteiger partial charge in [-0.25, -0.2) is 0 Å². The number of unbranched alkanes of at least 4 members (excludes halogenated alkanes) is 11. The van der Waals surface area contributed by atoms with Crippen molar-refractivity contribution in [2.24, 2.45) is 5.73 Å². The Labute approximate surface area is 125 Å². The molecule has 0 aliphatic carbocycles. The number of rotatable bonds is 14. The fraction of sp³-hybridized carbons (Fsp3) is 0.722.